The van der Waals surface area contributed by atoms with Crippen LogP contribution in [0.1, 0.15) is 39.0 Å². The van der Waals surface area contributed by atoms with Gasteiger partial charge < -0.3 is 15.3 Å². The summed E-state index contributed by atoms with van der Waals surface area (Å²) >= 11 is 0. The quantitative estimate of drug-likeness (QED) is 0.720. The predicted molar refractivity (Wildman–Crippen MR) is 64.6 cm³/mol. The van der Waals surface area contributed by atoms with Crippen molar-refractivity contribution in [3.05, 3.63) is 0 Å². The van der Waals surface area contributed by atoms with Crippen LogP contribution in [0, 0.1) is 0 Å². The number of nitrogens with zero attached hydrogens (tertiary/aromatic N) is 1. The lowest BCUT2D eigenvalue weighted by atomic mass is 9.95. The van der Waals surface area contributed by atoms with Crippen molar-refractivity contribution in [2.45, 2.75) is 50.6 Å². The van der Waals surface area contributed by atoms with Crippen molar-refractivity contribution in [1.29, 1.82) is 0 Å². The lowest BCUT2D eigenvalue weighted by Gasteiger charge is -2.37. The van der Waals surface area contributed by atoms with Gasteiger partial charge in [-0.15, -0.1) is 0 Å². The summed E-state index contributed by atoms with van der Waals surface area (Å²) in [5, 5.41) is 12.1. The van der Waals surface area contributed by atoms with Gasteiger partial charge in [0, 0.05) is 18.1 Å². The number of aliphatic carboxylic acids is 1. The van der Waals surface area contributed by atoms with Crippen LogP contribution in [0.4, 0.5) is 0 Å². The van der Waals surface area contributed by atoms with Crippen LogP contribution in [0.3, 0.4) is 0 Å². The van der Waals surface area contributed by atoms with Gasteiger partial charge in [-0.05, 0) is 33.9 Å². The van der Waals surface area contributed by atoms with Crippen molar-refractivity contribution in [1.82, 2.24) is 10.2 Å². The Morgan fingerprint density at radius 3 is 2.44 bits per heavy atom. The first kappa shape index (κ1) is 13.5. The number of likely N-dealkylation sites (N-methyl/N-ethyl adjacent to an activating group) is 1. The fourth-order valence-electron chi connectivity index (χ4n) is 2.51. The van der Waals surface area contributed by atoms with Crippen molar-refractivity contribution < 1.29 is 9.90 Å². The van der Waals surface area contributed by atoms with Gasteiger partial charge >= 0.3 is 5.97 Å². The Hall–Kier alpha value is -0.610. The largest absolute Gasteiger partial charge is 0.481 e. The summed E-state index contributed by atoms with van der Waals surface area (Å²) in [5.74, 6) is -0.731. The van der Waals surface area contributed by atoms with Gasteiger partial charge in [0.15, 0.2) is 0 Å². The lowest BCUT2D eigenvalue weighted by Crippen LogP contribution is -2.51. The lowest BCUT2D eigenvalue weighted by molar-refractivity contribution is -0.137. The Morgan fingerprint density at radius 1 is 1.44 bits per heavy atom. The number of hydrogen-bond donors (Lipinski definition) is 2. The molecule has 1 unspecified atom stereocenters. The maximum Gasteiger partial charge on any atom is 0.304 e. The van der Waals surface area contributed by atoms with E-state index in [1.807, 2.05) is 6.92 Å². The van der Waals surface area contributed by atoms with Crippen molar-refractivity contribution in [3.63, 3.8) is 0 Å². The minimum Gasteiger partial charge on any atom is -0.481 e. The van der Waals surface area contributed by atoms with Gasteiger partial charge in [0.1, 0.15) is 0 Å². The van der Waals surface area contributed by atoms with E-state index in [0.717, 1.165) is 6.54 Å². The van der Waals surface area contributed by atoms with Crippen molar-refractivity contribution in [2.75, 3.05) is 20.6 Å². The monoisotopic (exact) mass is 228 g/mol. The second-order valence-corrected chi connectivity index (χ2v) is 5.21. The Labute approximate surface area is 98.0 Å². The molecule has 1 rings (SSSR count). The van der Waals surface area contributed by atoms with Gasteiger partial charge in [-0.25, -0.2) is 0 Å². The maximum absolute atomic E-state index is 10.6. The number of carbonyl (C=O) groups is 1. The van der Waals surface area contributed by atoms with E-state index < -0.39 is 5.97 Å². The van der Waals surface area contributed by atoms with Gasteiger partial charge in [0.2, 0.25) is 0 Å². The molecule has 0 aromatic rings. The fraction of sp³-hybridized carbons (Fsp3) is 0.917. The van der Waals surface area contributed by atoms with E-state index in [1.165, 1.54) is 25.7 Å². The van der Waals surface area contributed by atoms with Crippen molar-refractivity contribution in [3.8, 4) is 0 Å². The summed E-state index contributed by atoms with van der Waals surface area (Å²) in [4.78, 5) is 12.9. The van der Waals surface area contributed by atoms with Crippen molar-refractivity contribution >= 4 is 5.97 Å². The second kappa shape index (κ2) is 5.64. The summed E-state index contributed by atoms with van der Waals surface area (Å²) in [6, 6.07) is 0.0509. The third-order valence-corrected chi connectivity index (χ3v) is 3.74. The first-order valence-corrected chi connectivity index (χ1v) is 6.09. The van der Waals surface area contributed by atoms with Crippen LogP contribution in [0.5, 0.6) is 0 Å². The SMILES string of the molecule is CC(CC(=O)O)NCC1(N(C)C)CCCC1. The first-order valence-electron chi connectivity index (χ1n) is 6.09. The first-order chi connectivity index (χ1) is 7.46. The topological polar surface area (TPSA) is 52.6 Å². The van der Waals surface area contributed by atoms with Crippen LogP contribution in [0.25, 0.3) is 0 Å². The molecule has 1 aliphatic rings. The van der Waals surface area contributed by atoms with E-state index in [4.69, 9.17) is 5.11 Å². The van der Waals surface area contributed by atoms with Crippen LogP contribution in [0.2, 0.25) is 0 Å². The maximum atomic E-state index is 10.6. The molecular weight excluding hydrogens is 204 g/mol. The molecule has 94 valence electrons. The minimum atomic E-state index is -0.731. The van der Waals surface area contributed by atoms with Crippen LogP contribution < -0.4 is 5.32 Å². The zero-order valence-electron chi connectivity index (χ0n) is 10.6. The normalized spacial score (nSPS) is 21.2. The molecule has 0 amide bonds. The van der Waals surface area contributed by atoms with E-state index in [2.05, 4.69) is 24.3 Å². The molecule has 0 saturated heterocycles. The summed E-state index contributed by atoms with van der Waals surface area (Å²) in [5.41, 5.74) is 0.243. The number of nitrogens with one attached hydrogen (secondary N) is 1. The molecule has 0 aromatic heterocycles. The van der Waals surface area contributed by atoms with Gasteiger partial charge in [-0.2, -0.15) is 0 Å². The molecule has 4 heteroatoms. The van der Waals surface area contributed by atoms with Crippen LogP contribution >= 0.6 is 0 Å². The summed E-state index contributed by atoms with van der Waals surface area (Å²) < 4.78 is 0. The third kappa shape index (κ3) is 3.46. The number of carboxylic acid groups (broad SMARTS) is 1. The zero-order valence-corrected chi connectivity index (χ0v) is 10.6. The van der Waals surface area contributed by atoms with E-state index in [1.54, 1.807) is 0 Å². The van der Waals surface area contributed by atoms with Gasteiger partial charge in [0.25, 0.3) is 0 Å². The zero-order chi connectivity index (χ0) is 12.2. The molecule has 1 saturated carbocycles. The molecule has 16 heavy (non-hydrogen) atoms. The van der Waals surface area contributed by atoms with Crippen molar-refractivity contribution in [2.24, 2.45) is 0 Å². The van der Waals surface area contributed by atoms with E-state index in [9.17, 15) is 4.79 Å². The van der Waals surface area contributed by atoms with Crippen LogP contribution in [-0.2, 0) is 4.79 Å². The molecule has 2 N–H and O–H groups in total. The highest BCUT2D eigenvalue weighted by atomic mass is 16.4. The average molecular weight is 228 g/mol. The highest BCUT2D eigenvalue weighted by Gasteiger charge is 2.35. The molecule has 0 radical (unpaired) electrons. The molecule has 0 aromatic carbocycles. The molecule has 1 aliphatic carbocycles. The number of rotatable bonds is 6. The molecule has 1 atom stereocenters. The molecule has 1 fully saturated rings. The smallest absolute Gasteiger partial charge is 0.304 e. The summed E-state index contributed by atoms with van der Waals surface area (Å²) in [6.45, 7) is 2.83. The number of carboxylic acids is 1. The highest BCUT2D eigenvalue weighted by Crippen LogP contribution is 2.33. The minimum absolute atomic E-state index is 0.0509. The molecule has 0 heterocycles. The molecule has 0 aliphatic heterocycles. The van der Waals surface area contributed by atoms with E-state index in [-0.39, 0.29) is 18.0 Å². The van der Waals surface area contributed by atoms with Gasteiger partial charge in [0.05, 0.1) is 6.42 Å². The number of hydrogen-bond acceptors (Lipinski definition) is 3. The van der Waals surface area contributed by atoms with E-state index in [0.29, 0.717) is 0 Å². The molecule has 0 bridgehead atoms. The summed E-state index contributed by atoms with van der Waals surface area (Å²) in [7, 11) is 4.24. The van der Waals surface area contributed by atoms with E-state index >= 15 is 0 Å². The Bertz CT molecular complexity index is 235. The van der Waals surface area contributed by atoms with Gasteiger partial charge in [-0.1, -0.05) is 12.8 Å². The Kier molecular flexibility index (Phi) is 4.74. The summed E-state index contributed by atoms with van der Waals surface area (Å²) in [6.07, 6.45) is 5.20. The second-order valence-electron chi connectivity index (χ2n) is 5.21. The Balaban J connectivity index is 2.41. The molecule has 0 spiro atoms. The third-order valence-electron chi connectivity index (χ3n) is 3.74. The average Bonchev–Trinajstić information content (AvgIpc) is 2.63. The van der Waals surface area contributed by atoms with Gasteiger partial charge in [-0.3, -0.25) is 4.79 Å². The van der Waals surface area contributed by atoms with Crippen LogP contribution in [-0.4, -0.2) is 48.2 Å². The molecular formula is C12H24N2O2. The fourth-order valence-corrected chi connectivity index (χ4v) is 2.51. The highest BCUT2D eigenvalue weighted by molar-refractivity contribution is 5.67. The molecule has 4 nitrogen and oxygen atoms in total. The van der Waals surface area contributed by atoms with Crippen LogP contribution in [0.15, 0.2) is 0 Å². The standard InChI is InChI=1S/C12H24N2O2/c1-10(8-11(15)16)13-9-12(14(2)3)6-4-5-7-12/h10,13H,4-9H2,1-3H3,(H,15,16). The Morgan fingerprint density at radius 2 is 2.00 bits per heavy atom. The predicted octanol–water partition coefficient (Wildman–Crippen LogP) is 1.31.